The quantitative estimate of drug-likeness (QED) is 0.653. The van der Waals surface area contributed by atoms with Crippen molar-refractivity contribution in [2.45, 2.75) is 32.8 Å². The Morgan fingerprint density at radius 1 is 1.21 bits per heavy atom. The van der Waals surface area contributed by atoms with Gasteiger partial charge in [-0.1, -0.05) is 29.3 Å². The van der Waals surface area contributed by atoms with E-state index in [-0.39, 0.29) is 30.0 Å². The minimum absolute atomic E-state index is 0.102. The molecule has 2 aromatic rings. The zero-order valence-corrected chi connectivity index (χ0v) is 15.2. The van der Waals surface area contributed by atoms with Crippen LogP contribution in [0.2, 0.25) is 10.2 Å². The van der Waals surface area contributed by atoms with E-state index in [1.54, 1.807) is 39.0 Å². The Balaban J connectivity index is 2.02. The highest BCUT2D eigenvalue weighted by atomic mass is 35.5. The smallest absolute Gasteiger partial charge is 0.308 e. The summed E-state index contributed by atoms with van der Waals surface area (Å²) in [6.45, 7) is 5.57. The van der Waals surface area contributed by atoms with Crippen molar-refractivity contribution in [3.8, 4) is 0 Å². The standard InChI is InChI=1S/C17H18Cl2N2O3/c1-17(2,3)24-14(22)6-7-20-16(23)10-4-5-11-12(8-10)15(19)21-9-13(11)18/h4-5,8-9H,6-7H2,1-3H3,(H,20,23). The van der Waals surface area contributed by atoms with Crippen molar-refractivity contribution in [1.29, 1.82) is 0 Å². The maximum absolute atomic E-state index is 12.2. The first-order valence-electron chi connectivity index (χ1n) is 7.41. The summed E-state index contributed by atoms with van der Waals surface area (Å²) in [4.78, 5) is 27.8. The van der Waals surface area contributed by atoms with Gasteiger partial charge in [0.15, 0.2) is 0 Å². The van der Waals surface area contributed by atoms with Crippen LogP contribution in [0, 0.1) is 0 Å². The summed E-state index contributed by atoms with van der Waals surface area (Å²) in [5.41, 5.74) is -0.125. The summed E-state index contributed by atoms with van der Waals surface area (Å²) in [5.74, 6) is -0.670. The number of amides is 1. The first kappa shape index (κ1) is 18.5. The van der Waals surface area contributed by atoms with Gasteiger partial charge in [-0.15, -0.1) is 0 Å². The Morgan fingerprint density at radius 3 is 2.58 bits per heavy atom. The minimum Gasteiger partial charge on any atom is -0.460 e. The zero-order chi connectivity index (χ0) is 17.9. The average molecular weight is 369 g/mol. The van der Waals surface area contributed by atoms with Crippen LogP contribution in [0.25, 0.3) is 10.8 Å². The second kappa shape index (κ2) is 7.36. The molecular weight excluding hydrogens is 351 g/mol. The molecule has 0 aliphatic rings. The van der Waals surface area contributed by atoms with Crippen LogP contribution < -0.4 is 5.32 Å². The molecule has 24 heavy (non-hydrogen) atoms. The minimum atomic E-state index is -0.539. The third-order valence-corrected chi connectivity index (χ3v) is 3.69. The molecule has 1 N–H and O–H groups in total. The summed E-state index contributed by atoms with van der Waals surface area (Å²) in [6.07, 6.45) is 1.57. The number of hydrogen-bond donors (Lipinski definition) is 1. The molecule has 128 valence electrons. The average Bonchev–Trinajstić information content (AvgIpc) is 2.49. The fraction of sp³-hybridized carbons (Fsp3) is 0.353. The largest absolute Gasteiger partial charge is 0.460 e. The molecule has 2 rings (SSSR count). The topological polar surface area (TPSA) is 68.3 Å². The van der Waals surface area contributed by atoms with Gasteiger partial charge in [0.1, 0.15) is 10.8 Å². The van der Waals surface area contributed by atoms with Crippen molar-refractivity contribution in [2.24, 2.45) is 0 Å². The molecule has 0 bridgehead atoms. The fourth-order valence-electron chi connectivity index (χ4n) is 2.09. The van der Waals surface area contributed by atoms with E-state index in [2.05, 4.69) is 10.3 Å². The van der Waals surface area contributed by atoms with Gasteiger partial charge in [0.25, 0.3) is 5.91 Å². The molecule has 0 radical (unpaired) electrons. The summed E-state index contributed by atoms with van der Waals surface area (Å²) in [6, 6.07) is 4.99. The van der Waals surface area contributed by atoms with Crippen LogP contribution in [0.1, 0.15) is 37.6 Å². The molecule has 5 nitrogen and oxygen atoms in total. The Kier molecular flexibility index (Phi) is 5.67. The van der Waals surface area contributed by atoms with E-state index in [9.17, 15) is 9.59 Å². The number of aromatic nitrogens is 1. The number of pyridine rings is 1. The summed E-state index contributed by atoms with van der Waals surface area (Å²) in [5, 5.41) is 4.74. The van der Waals surface area contributed by atoms with E-state index < -0.39 is 5.60 Å². The molecule has 7 heteroatoms. The molecule has 0 spiro atoms. The highest BCUT2D eigenvalue weighted by Gasteiger charge is 2.16. The molecular formula is C17H18Cl2N2O3. The SMILES string of the molecule is CC(C)(C)OC(=O)CCNC(=O)c1ccc2c(Cl)cnc(Cl)c2c1. The monoisotopic (exact) mass is 368 g/mol. The van der Waals surface area contributed by atoms with Gasteiger partial charge in [0.05, 0.1) is 11.4 Å². The maximum Gasteiger partial charge on any atom is 0.308 e. The van der Waals surface area contributed by atoms with E-state index >= 15 is 0 Å². The molecule has 0 saturated carbocycles. The van der Waals surface area contributed by atoms with Crippen molar-refractivity contribution in [2.75, 3.05) is 6.54 Å². The van der Waals surface area contributed by atoms with Crippen LogP contribution in [-0.2, 0) is 9.53 Å². The maximum atomic E-state index is 12.2. The lowest BCUT2D eigenvalue weighted by Crippen LogP contribution is -2.29. The molecule has 1 amide bonds. The summed E-state index contributed by atoms with van der Waals surface area (Å²) >= 11 is 12.1. The normalized spacial score (nSPS) is 11.4. The summed E-state index contributed by atoms with van der Waals surface area (Å²) < 4.78 is 5.18. The van der Waals surface area contributed by atoms with Crippen molar-refractivity contribution in [1.82, 2.24) is 10.3 Å². The number of carbonyl (C=O) groups excluding carboxylic acids is 2. The molecule has 0 saturated heterocycles. The molecule has 0 aliphatic heterocycles. The number of esters is 1. The van der Waals surface area contributed by atoms with Crippen LogP contribution in [0.5, 0.6) is 0 Å². The zero-order valence-electron chi connectivity index (χ0n) is 13.7. The molecule has 1 aromatic carbocycles. The number of hydrogen-bond acceptors (Lipinski definition) is 4. The number of benzene rings is 1. The molecule has 0 aliphatic carbocycles. The number of halogens is 2. The van der Waals surface area contributed by atoms with Crippen molar-refractivity contribution in [3.05, 3.63) is 40.1 Å². The summed E-state index contributed by atoms with van der Waals surface area (Å²) in [7, 11) is 0. The lowest BCUT2D eigenvalue weighted by molar-refractivity contribution is -0.154. The fourth-order valence-corrected chi connectivity index (χ4v) is 2.51. The molecule has 1 heterocycles. The van der Waals surface area contributed by atoms with Crippen molar-refractivity contribution in [3.63, 3.8) is 0 Å². The molecule has 1 aromatic heterocycles. The van der Waals surface area contributed by atoms with Crippen LogP contribution in [-0.4, -0.2) is 29.0 Å². The van der Waals surface area contributed by atoms with E-state index in [0.29, 0.717) is 16.0 Å². The Labute approximate surface area is 150 Å². The van der Waals surface area contributed by atoms with Gasteiger partial charge in [0.2, 0.25) is 0 Å². The number of nitrogens with zero attached hydrogens (tertiary/aromatic N) is 1. The second-order valence-electron chi connectivity index (χ2n) is 6.25. The Bertz CT molecular complexity index is 785. The molecule has 0 fully saturated rings. The first-order chi connectivity index (χ1) is 11.2. The lowest BCUT2D eigenvalue weighted by atomic mass is 10.1. The Morgan fingerprint density at radius 2 is 1.92 bits per heavy atom. The number of fused-ring (bicyclic) bond motifs is 1. The van der Waals surface area contributed by atoms with Gasteiger partial charge in [-0.3, -0.25) is 9.59 Å². The van der Waals surface area contributed by atoms with Crippen LogP contribution in [0.4, 0.5) is 0 Å². The predicted octanol–water partition coefficient (Wildman–Crippen LogP) is 4.00. The highest BCUT2D eigenvalue weighted by molar-refractivity contribution is 6.39. The van der Waals surface area contributed by atoms with Gasteiger partial charge >= 0.3 is 5.97 Å². The van der Waals surface area contributed by atoms with Gasteiger partial charge < -0.3 is 10.1 Å². The third kappa shape index (κ3) is 4.82. The van der Waals surface area contributed by atoms with E-state index in [1.165, 1.54) is 6.20 Å². The van der Waals surface area contributed by atoms with Crippen molar-refractivity contribution < 1.29 is 14.3 Å². The van der Waals surface area contributed by atoms with Crippen LogP contribution in [0.3, 0.4) is 0 Å². The van der Waals surface area contributed by atoms with Gasteiger partial charge in [-0.2, -0.15) is 0 Å². The number of nitrogens with one attached hydrogen (secondary N) is 1. The lowest BCUT2D eigenvalue weighted by Gasteiger charge is -2.19. The van der Waals surface area contributed by atoms with Gasteiger partial charge in [-0.05, 0) is 32.9 Å². The predicted molar refractivity (Wildman–Crippen MR) is 94.6 cm³/mol. The van der Waals surface area contributed by atoms with Crippen LogP contribution in [0.15, 0.2) is 24.4 Å². The number of rotatable bonds is 4. The molecule has 0 atom stereocenters. The first-order valence-corrected chi connectivity index (χ1v) is 8.17. The van der Waals surface area contributed by atoms with E-state index in [1.807, 2.05) is 0 Å². The second-order valence-corrected chi connectivity index (χ2v) is 7.01. The highest BCUT2D eigenvalue weighted by Crippen LogP contribution is 2.28. The van der Waals surface area contributed by atoms with Crippen LogP contribution >= 0.6 is 23.2 Å². The third-order valence-electron chi connectivity index (χ3n) is 3.09. The Hall–Kier alpha value is -1.85. The number of ether oxygens (including phenoxy) is 1. The van der Waals surface area contributed by atoms with Gasteiger partial charge in [0, 0.05) is 29.1 Å². The van der Waals surface area contributed by atoms with E-state index in [0.717, 1.165) is 5.39 Å². The molecule has 0 unspecified atom stereocenters. The van der Waals surface area contributed by atoms with E-state index in [4.69, 9.17) is 27.9 Å². The van der Waals surface area contributed by atoms with Crippen molar-refractivity contribution >= 4 is 45.9 Å². The van der Waals surface area contributed by atoms with Gasteiger partial charge in [-0.25, -0.2) is 4.98 Å². The number of carbonyl (C=O) groups is 2.